The molecule has 1 aliphatic carbocycles. The van der Waals surface area contributed by atoms with Gasteiger partial charge in [-0.3, -0.25) is 14.5 Å². The van der Waals surface area contributed by atoms with Crippen molar-refractivity contribution in [3.05, 3.63) is 24.3 Å². The van der Waals surface area contributed by atoms with E-state index in [0.29, 0.717) is 12.2 Å². The molecule has 1 N–H and O–H groups in total. The minimum Gasteiger partial charge on any atom is -0.459 e. The molecule has 10 heteroatoms. The molecule has 1 saturated heterocycles. The molecule has 2 fully saturated rings. The maximum absolute atomic E-state index is 12.8. The number of aromatic nitrogens is 2. The standard InChI is InChI=1S/C18H20N4O6/c1-11-5-2-3-7-18(11)16(24)22(17(25)19-18)9-14(23)27-10-13-20-21-15(28-13)12-6-4-8-26-12/h4,6,8,11H,2-3,5,7,9-10H2,1H3,(H,19,25). The summed E-state index contributed by atoms with van der Waals surface area (Å²) in [5.74, 6) is -0.428. The summed E-state index contributed by atoms with van der Waals surface area (Å²) in [6, 6.07) is 2.77. The monoisotopic (exact) mass is 388 g/mol. The number of furan rings is 1. The van der Waals surface area contributed by atoms with Gasteiger partial charge in [-0.05, 0) is 30.9 Å². The molecule has 2 atom stereocenters. The van der Waals surface area contributed by atoms with E-state index < -0.39 is 24.1 Å². The average Bonchev–Trinajstić information content (AvgIpc) is 3.40. The lowest BCUT2D eigenvalue weighted by Crippen LogP contribution is -2.54. The first-order valence-corrected chi connectivity index (χ1v) is 9.15. The van der Waals surface area contributed by atoms with Crippen LogP contribution in [0.25, 0.3) is 11.7 Å². The number of nitrogens with zero attached hydrogens (tertiary/aromatic N) is 3. The van der Waals surface area contributed by atoms with Crippen LogP contribution < -0.4 is 5.32 Å². The van der Waals surface area contributed by atoms with Crippen molar-refractivity contribution >= 4 is 17.9 Å². The fraction of sp³-hybridized carbons (Fsp3) is 0.500. The highest BCUT2D eigenvalue weighted by molar-refractivity contribution is 6.08. The predicted molar refractivity (Wildman–Crippen MR) is 92.4 cm³/mol. The van der Waals surface area contributed by atoms with E-state index in [9.17, 15) is 14.4 Å². The first-order chi connectivity index (χ1) is 13.5. The molecule has 28 heavy (non-hydrogen) atoms. The molecule has 2 aromatic heterocycles. The Kier molecular flexibility index (Phi) is 4.62. The summed E-state index contributed by atoms with van der Waals surface area (Å²) in [5, 5.41) is 10.4. The van der Waals surface area contributed by atoms with E-state index in [2.05, 4.69) is 15.5 Å². The Morgan fingerprint density at radius 3 is 3.00 bits per heavy atom. The second-order valence-electron chi connectivity index (χ2n) is 7.08. The van der Waals surface area contributed by atoms with Crippen molar-refractivity contribution < 1.29 is 28.0 Å². The summed E-state index contributed by atoms with van der Waals surface area (Å²) in [6.45, 7) is 1.22. The van der Waals surface area contributed by atoms with Gasteiger partial charge in [0.05, 0.1) is 6.26 Å². The molecule has 1 aliphatic heterocycles. The number of carbonyl (C=O) groups excluding carboxylic acids is 3. The van der Waals surface area contributed by atoms with Crippen molar-refractivity contribution in [2.45, 2.75) is 44.8 Å². The lowest BCUT2D eigenvalue weighted by molar-refractivity contribution is -0.150. The largest absolute Gasteiger partial charge is 0.459 e. The van der Waals surface area contributed by atoms with Crippen LogP contribution in [0.1, 0.15) is 38.5 Å². The van der Waals surface area contributed by atoms with Gasteiger partial charge in [0.15, 0.2) is 12.4 Å². The lowest BCUT2D eigenvalue weighted by atomic mass is 9.73. The molecular formula is C18H20N4O6. The van der Waals surface area contributed by atoms with Gasteiger partial charge in [0.25, 0.3) is 17.7 Å². The van der Waals surface area contributed by atoms with Gasteiger partial charge in [0.2, 0.25) is 0 Å². The van der Waals surface area contributed by atoms with Gasteiger partial charge in [0.1, 0.15) is 12.1 Å². The van der Waals surface area contributed by atoms with Crippen LogP contribution in [-0.4, -0.2) is 45.1 Å². The van der Waals surface area contributed by atoms with E-state index in [0.717, 1.165) is 24.2 Å². The van der Waals surface area contributed by atoms with E-state index in [1.165, 1.54) is 6.26 Å². The summed E-state index contributed by atoms with van der Waals surface area (Å²) < 4.78 is 15.6. The van der Waals surface area contributed by atoms with Gasteiger partial charge in [-0.25, -0.2) is 4.79 Å². The first-order valence-electron chi connectivity index (χ1n) is 9.15. The number of esters is 1. The second-order valence-corrected chi connectivity index (χ2v) is 7.08. The van der Waals surface area contributed by atoms with Gasteiger partial charge in [-0.2, -0.15) is 0 Å². The third-order valence-corrected chi connectivity index (χ3v) is 5.34. The summed E-state index contributed by atoms with van der Waals surface area (Å²) in [4.78, 5) is 38.2. The Morgan fingerprint density at radius 2 is 2.25 bits per heavy atom. The van der Waals surface area contributed by atoms with E-state index in [4.69, 9.17) is 13.6 Å². The maximum Gasteiger partial charge on any atom is 0.326 e. The number of imide groups is 1. The molecule has 148 valence electrons. The highest BCUT2D eigenvalue weighted by Gasteiger charge is 2.55. The van der Waals surface area contributed by atoms with Crippen LogP contribution >= 0.6 is 0 Å². The van der Waals surface area contributed by atoms with Gasteiger partial charge in [-0.1, -0.05) is 19.8 Å². The van der Waals surface area contributed by atoms with E-state index >= 15 is 0 Å². The number of urea groups is 1. The molecule has 0 bridgehead atoms. The molecule has 2 aromatic rings. The molecule has 2 aliphatic rings. The number of amides is 3. The quantitative estimate of drug-likeness (QED) is 0.607. The molecule has 0 aromatic carbocycles. The topological polar surface area (TPSA) is 128 Å². The third kappa shape index (κ3) is 3.14. The van der Waals surface area contributed by atoms with Crippen LogP contribution in [0.15, 0.2) is 27.2 Å². The Labute approximate surface area is 160 Å². The third-order valence-electron chi connectivity index (χ3n) is 5.34. The normalized spacial score (nSPS) is 24.6. The van der Waals surface area contributed by atoms with Crippen molar-refractivity contribution in [2.75, 3.05) is 6.54 Å². The zero-order valence-electron chi connectivity index (χ0n) is 15.3. The lowest BCUT2D eigenvalue weighted by Gasteiger charge is -2.36. The SMILES string of the molecule is CC1CCCCC12NC(=O)N(CC(=O)OCc1nnc(-c3ccco3)o1)C2=O. The van der Waals surface area contributed by atoms with Gasteiger partial charge in [-0.15, -0.1) is 10.2 Å². The van der Waals surface area contributed by atoms with Crippen molar-refractivity contribution in [2.24, 2.45) is 5.92 Å². The minimum absolute atomic E-state index is 0.0251. The van der Waals surface area contributed by atoms with Gasteiger partial charge < -0.3 is 18.9 Å². The number of nitrogens with one attached hydrogen (secondary N) is 1. The van der Waals surface area contributed by atoms with E-state index in [1.54, 1.807) is 12.1 Å². The average molecular weight is 388 g/mol. The Hall–Kier alpha value is -3.17. The fourth-order valence-electron chi connectivity index (χ4n) is 3.77. The molecule has 10 nitrogen and oxygen atoms in total. The van der Waals surface area contributed by atoms with Crippen molar-refractivity contribution in [1.29, 1.82) is 0 Å². The summed E-state index contributed by atoms with van der Waals surface area (Å²) in [6.07, 6.45) is 4.81. The number of ether oxygens (including phenoxy) is 1. The first kappa shape index (κ1) is 18.2. The van der Waals surface area contributed by atoms with Crippen molar-refractivity contribution in [1.82, 2.24) is 20.4 Å². The molecule has 2 unspecified atom stereocenters. The maximum atomic E-state index is 12.8. The summed E-state index contributed by atoms with van der Waals surface area (Å²) in [7, 11) is 0. The molecule has 4 rings (SSSR count). The molecular weight excluding hydrogens is 368 g/mol. The highest BCUT2D eigenvalue weighted by atomic mass is 16.5. The number of hydrogen-bond acceptors (Lipinski definition) is 8. The van der Waals surface area contributed by atoms with E-state index in [-0.39, 0.29) is 30.2 Å². The molecule has 1 saturated carbocycles. The number of hydrogen-bond donors (Lipinski definition) is 1. The zero-order chi connectivity index (χ0) is 19.7. The Morgan fingerprint density at radius 1 is 1.39 bits per heavy atom. The van der Waals surface area contributed by atoms with Crippen LogP contribution in [0, 0.1) is 5.92 Å². The van der Waals surface area contributed by atoms with Crippen LogP contribution in [0.2, 0.25) is 0 Å². The molecule has 3 amide bonds. The van der Waals surface area contributed by atoms with Gasteiger partial charge in [0, 0.05) is 0 Å². The summed E-state index contributed by atoms with van der Waals surface area (Å²) in [5.41, 5.74) is -0.903. The fourth-order valence-corrected chi connectivity index (χ4v) is 3.77. The Bertz CT molecular complexity index is 892. The van der Waals surface area contributed by atoms with Crippen LogP contribution in [-0.2, 0) is 20.9 Å². The van der Waals surface area contributed by atoms with Crippen molar-refractivity contribution in [3.63, 3.8) is 0 Å². The predicted octanol–water partition coefficient (Wildman–Crippen LogP) is 1.87. The smallest absolute Gasteiger partial charge is 0.326 e. The molecule has 1 spiro atoms. The zero-order valence-corrected chi connectivity index (χ0v) is 15.3. The van der Waals surface area contributed by atoms with Crippen molar-refractivity contribution in [3.8, 4) is 11.7 Å². The molecule has 3 heterocycles. The Balaban J connectivity index is 1.35. The number of carbonyl (C=O) groups is 3. The molecule has 0 radical (unpaired) electrons. The van der Waals surface area contributed by atoms with E-state index in [1.807, 2.05) is 6.92 Å². The highest BCUT2D eigenvalue weighted by Crippen LogP contribution is 2.38. The van der Waals surface area contributed by atoms with Crippen LogP contribution in [0.4, 0.5) is 4.79 Å². The number of rotatable bonds is 5. The van der Waals surface area contributed by atoms with Gasteiger partial charge >= 0.3 is 12.0 Å². The van der Waals surface area contributed by atoms with Crippen LogP contribution in [0.3, 0.4) is 0 Å². The minimum atomic E-state index is -0.903. The second kappa shape index (κ2) is 7.10. The summed E-state index contributed by atoms with van der Waals surface area (Å²) >= 11 is 0. The van der Waals surface area contributed by atoms with Crippen LogP contribution in [0.5, 0.6) is 0 Å².